The van der Waals surface area contributed by atoms with Crippen LogP contribution in [0.3, 0.4) is 0 Å². The third-order valence-corrected chi connectivity index (χ3v) is 2.43. The van der Waals surface area contributed by atoms with Crippen molar-refractivity contribution in [1.82, 2.24) is 0 Å². The minimum atomic E-state index is -1.28. The molecule has 4 heteroatoms. The van der Waals surface area contributed by atoms with E-state index in [4.69, 9.17) is 4.74 Å². The molecule has 1 heterocycles. The molecule has 0 radical (unpaired) electrons. The lowest BCUT2D eigenvalue weighted by Crippen LogP contribution is -2.47. The van der Waals surface area contributed by atoms with Crippen molar-refractivity contribution in [2.24, 2.45) is 0 Å². The van der Waals surface area contributed by atoms with Gasteiger partial charge in [0.15, 0.2) is 0 Å². The highest BCUT2D eigenvalue weighted by Crippen LogP contribution is 2.32. The molecule has 0 spiro atoms. The maximum atomic E-state index is 13.3. The number of halogens is 2. The number of benzene rings is 1. The van der Waals surface area contributed by atoms with Crippen molar-refractivity contribution in [3.8, 4) is 0 Å². The van der Waals surface area contributed by atoms with E-state index in [-0.39, 0.29) is 18.8 Å². The molecule has 1 N–H and O–H groups in total. The van der Waals surface area contributed by atoms with Crippen molar-refractivity contribution in [3.63, 3.8) is 0 Å². The first-order valence-corrected chi connectivity index (χ1v) is 4.29. The van der Waals surface area contributed by atoms with Gasteiger partial charge in [-0.3, -0.25) is 0 Å². The van der Waals surface area contributed by atoms with E-state index in [1.54, 1.807) is 0 Å². The molecule has 1 aliphatic heterocycles. The Morgan fingerprint density at radius 3 is 2.43 bits per heavy atom. The predicted molar refractivity (Wildman–Crippen MR) is 45.8 cm³/mol. The Balaban J connectivity index is 2.48. The minimum Gasteiger partial charge on any atom is -0.380 e. The lowest BCUT2D eigenvalue weighted by Gasteiger charge is -2.37. The second-order valence-corrected chi connectivity index (χ2v) is 3.61. The van der Waals surface area contributed by atoms with E-state index in [1.807, 2.05) is 0 Å². The van der Waals surface area contributed by atoms with Crippen LogP contribution in [0.15, 0.2) is 12.1 Å². The first-order valence-electron chi connectivity index (χ1n) is 4.29. The molecule has 0 amide bonds. The summed E-state index contributed by atoms with van der Waals surface area (Å²) < 4.78 is 31.0. The highest BCUT2D eigenvalue weighted by atomic mass is 19.1. The van der Waals surface area contributed by atoms with Crippen LogP contribution in [-0.4, -0.2) is 18.3 Å². The molecular formula is C10H10F2O2. The monoisotopic (exact) mass is 200 g/mol. The topological polar surface area (TPSA) is 29.5 Å². The molecular weight excluding hydrogens is 190 g/mol. The fourth-order valence-electron chi connectivity index (χ4n) is 1.46. The van der Waals surface area contributed by atoms with Gasteiger partial charge in [-0.15, -0.1) is 0 Å². The summed E-state index contributed by atoms with van der Waals surface area (Å²) in [5.41, 5.74) is -0.841. The summed E-state index contributed by atoms with van der Waals surface area (Å²) in [5.74, 6) is -1.33. The normalized spacial score (nSPS) is 19.1. The van der Waals surface area contributed by atoms with Gasteiger partial charge in [-0.2, -0.15) is 0 Å². The van der Waals surface area contributed by atoms with Crippen molar-refractivity contribution in [2.45, 2.75) is 12.5 Å². The van der Waals surface area contributed by atoms with Gasteiger partial charge in [0, 0.05) is 11.6 Å². The molecule has 0 aliphatic carbocycles. The molecule has 14 heavy (non-hydrogen) atoms. The maximum Gasteiger partial charge on any atom is 0.139 e. The summed E-state index contributed by atoms with van der Waals surface area (Å²) in [6, 6.07) is 2.12. The number of aryl methyl sites for hydroxylation is 1. The molecule has 2 rings (SSSR count). The Morgan fingerprint density at radius 2 is 1.93 bits per heavy atom. The second kappa shape index (κ2) is 3.00. The molecule has 0 bridgehead atoms. The van der Waals surface area contributed by atoms with Crippen molar-refractivity contribution >= 4 is 0 Å². The van der Waals surface area contributed by atoms with Crippen LogP contribution in [0, 0.1) is 18.6 Å². The summed E-state index contributed by atoms with van der Waals surface area (Å²) >= 11 is 0. The quantitative estimate of drug-likeness (QED) is 0.744. The summed E-state index contributed by atoms with van der Waals surface area (Å²) in [6.45, 7) is 1.66. The first kappa shape index (κ1) is 9.55. The number of ether oxygens (including phenoxy) is 1. The zero-order chi connectivity index (χ0) is 10.3. The van der Waals surface area contributed by atoms with Crippen LogP contribution in [0.25, 0.3) is 0 Å². The van der Waals surface area contributed by atoms with E-state index in [2.05, 4.69) is 0 Å². The van der Waals surface area contributed by atoms with E-state index >= 15 is 0 Å². The van der Waals surface area contributed by atoms with Crippen LogP contribution in [0.5, 0.6) is 0 Å². The average molecular weight is 200 g/mol. The van der Waals surface area contributed by atoms with E-state index in [0.717, 1.165) is 6.07 Å². The van der Waals surface area contributed by atoms with Gasteiger partial charge in [0.25, 0.3) is 0 Å². The second-order valence-electron chi connectivity index (χ2n) is 3.61. The van der Waals surface area contributed by atoms with Gasteiger partial charge in [-0.05, 0) is 18.6 Å². The van der Waals surface area contributed by atoms with Crippen LogP contribution in [0.4, 0.5) is 8.78 Å². The van der Waals surface area contributed by atoms with Crippen molar-refractivity contribution in [3.05, 3.63) is 34.9 Å². The zero-order valence-corrected chi connectivity index (χ0v) is 7.68. The van der Waals surface area contributed by atoms with Crippen molar-refractivity contribution in [1.29, 1.82) is 0 Å². The van der Waals surface area contributed by atoms with Gasteiger partial charge in [0.1, 0.15) is 17.2 Å². The van der Waals surface area contributed by atoms with E-state index in [0.29, 0.717) is 5.56 Å². The number of rotatable bonds is 1. The van der Waals surface area contributed by atoms with Gasteiger partial charge in [0.2, 0.25) is 0 Å². The lowest BCUT2D eigenvalue weighted by atomic mass is 9.90. The zero-order valence-electron chi connectivity index (χ0n) is 7.68. The molecule has 2 nitrogen and oxygen atoms in total. The van der Waals surface area contributed by atoms with Crippen LogP contribution < -0.4 is 0 Å². The average Bonchev–Trinajstić information content (AvgIpc) is 2.07. The Bertz CT molecular complexity index is 373. The van der Waals surface area contributed by atoms with Crippen molar-refractivity contribution in [2.75, 3.05) is 13.2 Å². The Morgan fingerprint density at radius 1 is 1.29 bits per heavy atom. The molecule has 1 aliphatic rings. The van der Waals surface area contributed by atoms with Gasteiger partial charge in [0.05, 0.1) is 13.2 Å². The smallest absolute Gasteiger partial charge is 0.139 e. The molecule has 0 aromatic heterocycles. The van der Waals surface area contributed by atoms with Crippen LogP contribution in [0.1, 0.15) is 11.1 Å². The first-order chi connectivity index (χ1) is 6.53. The summed E-state index contributed by atoms with van der Waals surface area (Å²) in [5, 5.41) is 9.79. The fourth-order valence-corrected chi connectivity index (χ4v) is 1.46. The highest BCUT2D eigenvalue weighted by molar-refractivity contribution is 5.31. The molecule has 1 saturated heterocycles. The number of hydrogen-bond acceptors (Lipinski definition) is 2. The summed E-state index contributed by atoms with van der Waals surface area (Å²) in [7, 11) is 0. The van der Waals surface area contributed by atoms with Crippen LogP contribution in [0.2, 0.25) is 0 Å². The van der Waals surface area contributed by atoms with Crippen LogP contribution >= 0.6 is 0 Å². The van der Waals surface area contributed by atoms with Crippen LogP contribution in [-0.2, 0) is 10.3 Å². The fraction of sp³-hybridized carbons (Fsp3) is 0.400. The Hall–Kier alpha value is -1.00. The van der Waals surface area contributed by atoms with Gasteiger partial charge >= 0.3 is 0 Å². The van der Waals surface area contributed by atoms with E-state index in [9.17, 15) is 13.9 Å². The third-order valence-electron chi connectivity index (χ3n) is 2.43. The molecule has 1 fully saturated rings. The summed E-state index contributed by atoms with van der Waals surface area (Å²) in [4.78, 5) is 0. The standard InChI is InChI=1S/C10H10F2O2/c1-6-2-7(9(12)3-8(6)11)10(13)4-14-5-10/h2-3,13H,4-5H2,1H3. The largest absolute Gasteiger partial charge is 0.380 e. The van der Waals surface area contributed by atoms with Crippen molar-refractivity contribution < 1.29 is 18.6 Å². The number of aliphatic hydroxyl groups is 1. The lowest BCUT2D eigenvalue weighted by molar-refractivity contribution is -0.186. The van der Waals surface area contributed by atoms with Gasteiger partial charge < -0.3 is 9.84 Å². The van der Waals surface area contributed by atoms with Gasteiger partial charge in [-0.1, -0.05) is 0 Å². The molecule has 76 valence electrons. The Kier molecular flexibility index (Phi) is 2.05. The Labute approximate surface area is 80.1 Å². The highest BCUT2D eigenvalue weighted by Gasteiger charge is 2.40. The summed E-state index contributed by atoms with van der Waals surface area (Å²) in [6.07, 6.45) is 0. The maximum absolute atomic E-state index is 13.3. The number of hydrogen-bond donors (Lipinski definition) is 1. The molecule has 0 saturated carbocycles. The minimum absolute atomic E-state index is 0.0645. The third kappa shape index (κ3) is 1.31. The molecule has 0 atom stereocenters. The van der Waals surface area contributed by atoms with Gasteiger partial charge in [-0.25, -0.2) is 8.78 Å². The SMILES string of the molecule is Cc1cc(C2(O)COC2)c(F)cc1F. The molecule has 0 unspecified atom stereocenters. The van der Waals surface area contributed by atoms with E-state index < -0.39 is 17.2 Å². The predicted octanol–water partition coefficient (Wildman–Crippen LogP) is 1.49. The van der Waals surface area contributed by atoms with E-state index in [1.165, 1.54) is 13.0 Å². The molecule has 1 aromatic carbocycles. The molecule has 1 aromatic rings.